The number of thioether (sulfide) groups is 1. The molecule has 0 aliphatic carbocycles. The third-order valence-electron chi connectivity index (χ3n) is 5.55. The molecule has 1 fully saturated rings. The Morgan fingerprint density at radius 1 is 1.20 bits per heavy atom. The van der Waals surface area contributed by atoms with Crippen LogP contribution >= 0.6 is 11.8 Å². The lowest BCUT2D eigenvalue weighted by Crippen LogP contribution is -2.32. The van der Waals surface area contributed by atoms with Crippen molar-refractivity contribution in [2.24, 2.45) is 7.05 Å². The van der Waals surface area contributed by atoms with Gasteiger partial charge in [-0.3, -0.25) is 9.48 Å². The highest BCUT2D eigenvalue weighted by Gasteiger charge is 2.31. The number of ether oxygens (including phenoxy) is 2. The van der Waals surface area contributed by atoms with Crippen molar-refractivity contribution in [3.8, 4) is 11.5 Å². The average Bonchev–Trinajstić information content (AvgIpc) is 3.33. The van der Waals surface area contributed by atoms with Crippen LogP contribution in [0.5, 0.6) is 11.5 Å². The molecule has 0 N–H and O–H groups in total. The first-order valence-corrected chi connectivity index (χ1v) is 11.1. The van der Waals surface area contributed by atoms with Crippen molar-refractivity contribution in [2.75, 3.05) is 25.5 Å². The number of carbonyl (C=O) groups is 1. The predicted molar refractivity (Wildman–Crippen MR) is 113 cm³/mol. The van der Waals surface area contributed by atoms with Gasteiger partial charge in [-0.05, 0) is 30.5 Å². The van der Waals surface area contributed by atoms with Gasteiger partial charge in [-0.1, -0.05) is 17.8 Å². The average molecular weight is 426 g/mol. The second-order valence-corrected chi connectivity index (χ2v) is 8.44. The first-order chi connectivity index (χ1) is 14.7. The summed E-state index contributed by atoms with van der Waals surface area (Å²) in [5, 5.41) is 5.90. The molecule has 3 aromatic rings. The van der Waals surface area contributed by atoms with E-state index in [-0.39, 0.29) is 11.9 Å². The van der Waals surface area contributed by atoms with E-state index in [9.17, 15) is 4.79 Å². The molecule has 4 heterocycles. The fourth-order valence-electron chi connectivity index (χ4n) is 4.07. The molecule has 8 nitrogen and oxygen atoms in total. The van der Waals surface area contributed by atoms with E-state index in [0.29, 0.717) is 19.0 Å². The van der Waals surface area contributed by atoms with Crippen molar-refractivity contribution in [3.63, 3.8) is 0 Å². The van der Waals surface area contributed by atoms with E-state index in [2.05, 4.69) is 21.1 Å². The molecular formula is C21H23N5O3S. The summed E-state index contributed by atoms with van der Waals surface area (Å²) in [5.74, 6) is 2.01. The molecule has 1 amide bonds. The first kappa shape index (κ1) is 19.2. The first-order valence-electron chi connectivity index (χ1n) is 10.2. The molecule has 2 aliphatic heterocycles. The van der Waals surface area contributed by atoms with E-state index in [1.54, 1.807) is 10.9 Å². The minimum atomic E-state index is 0.0686. The number of hydrogen-bond acceptors (Lipinski definition) is 7. The number of aryl methyl sites for hydroxylation is 1. The number of amides is 1. The Bertz CT molecular complexity index is 1090. The van der Waals surface area contributed by atoms with Crippen LogP contribution in [0.2, 0.25) is 0 Å². The number of likely N-dealkylation sites (tertiary alicyclic amines) is 1. The van der Waals surface area contributed by atoms with Gasteiger partial charge < -0.3 is 14.4 Å². The van der Waals surface area contributed by atoms with Crippen LogP contribution in [0.15, 0.2) is 35.7 Å². The summed E-state index contributed by atoms with van der Waals surface area (Å²) in [7, 11) is 1.85. The largest absolute Gasteiger partial charge is 0.490 e. The van der Waals surface area contributed by atoms with Crippen LogP contribution in [0, 0.1) is 0 Å². The van der Waals surface area contributed by atoms with Gasteiger partial charge in [0.15, 0.2) is 17.1 Å². The van der Waals surface area contributed by atoms with Gasteiger partial charge in [-0.15, -0.1) is 0 Å². The number of hydrogen-bond donors (Lipinski definition) is 0. The SMILES string of the molecule is Cn1ncc2c(SCC(=O)N3CCC[C@H]3c3ccc4c(c3)OCCCO4)ncnc21. The van der Waals surface area contributed by atoms with Crippen LogP contribution in [0.4, 0.5) is 0 Å². The summed E-state index contributed by atoms with van der Waals surface area (Å²) in [4.78, 5) is 23.7. The van der Waals surface area contributed by atoms with Gasteiger partial charge in [0.1, 0.15) is 11.4 Å². The van der Waals surface area contributed by atoms with Gasteiger partial charge >= 0.3 is 0 Å². The maximum Gasteiger partial charge on any atom is 0.233 e. The van der Waals surface area contributed by atoms with Crippen LogP contribution < -0.4 is 9.47 Å². The summed E-state index contributed by atoms with van der Waals surface area (Å²) in [5.41, 5.74) is 1.87. The number of aromatic nitrogens is 4. The Kier molecular flexibility index (Phi) is 5.20. The van der Waals surface area contributed by atoms with Gasteiger partial charge in [0.2, 0.25) is 5.91 Å². The lowest BCUT2D eigenvalue weighted by atomic mass is 10.0. The molecule has 156 valence electrons. The second kappa shape index (κ2) is 8.14. The molecule has 5 rings (SSSR count). The molecule has 0 unspecified atom stereocenters. The molecule has 1 atom stereocenters. The van der Waals surface area contributed by atoms with Crippen LogP contribution in [0.3, 0.4) is 0 Å². The van der Waals surface area contributed by atoms with E-state index in [1.165, 1.54) is 18.1 Å². The highest BCUT2D eigenvalue weighted by molar-refractivity contribution is 8.00. The number of benzene rings is 1. The maximum atomic E-state index is 13.1. The number of fused-ring (bicyclic) bond motifs is 2. The monoisotopic (exact) mass is 425 g/mol. The smallest absolute Gasteiger partial charge is 0.233 e. The molecule has 0 saturated carbocycles. The third kappa shape index (κ3) is 3.58. The molecule has 1 saturated heterocycles. The Balaban J connectivity index is 1.31. The third-order valence-corrected chi connectivity index (χ3v) is 6.54. The van der Waals surface area contributed by atoms with Gasteiger partial charge in [0.25, 0.3) is 0 Å². The molecule has 0 bridgehead atoms. The van der Waals surface area contributed by atoms with Crippen molar-refractivity contribution in [1.82, 2.24) is 24.6 Å². The molecule has 30 heavy (non-hydrogen) atoms. The number of rotatable bonds is 4. The highest BCUT2D eigenvalue weighted by atomic mass is 32.2. The Morgan fingerprint density at radius 2 is 2.07 bits per heavy atom. The van der Waals surface area contributed by atoms with Crippen LogP contribution in [-0.2, 0) is 11.8 Å². The van der Waals surface area contributed by atoms with Crippen molar-refractivity contribution < 1.29 is 14.3 Å². The molecule has 0 spiro atoms. The van der Waals surface area contributed by atoms with E-state index in [1.807, 2.05) is 24.1 Å². The van der Waals surface area contributed by atoms with Gasteiger partial charge in [-0.25, -0.2) is 9.97 Å². The fraction of sp³-hybridized carbons (Fsp3) is 0.429. The van der Waals surface area contributed by atoms with Gasteiger partial charge in [0.05, 0.1) is 36.6 Å². The Morgan fingerprint density at radius 3 is 2.97 bits per heavy atom. The quantitative estimate of drug-likeness (QED) is 0.469. The van der Waals surface area contributed by atoms with E-state index < -0.39 is 0 Å². The molecule has 9 heteroatoms. The maximum absolute atomic E-state index is 13.1. The van der Waals surface area contributed by atoms with Gasteiger partial charge in [-0.2, -0.15) is 5.10 Å². The summed E-state index contributed by atoms with van der Waals surface area (Å²) >= 11 is 1.44. The molecule has 0 radical (unpaired) electrons. The molecule has 2 aliphatic rings. The zero-order chi connectivity index (χ0) is 20.5. The zero-order valence-corrected chi connectivity index (χ0v) is 17.6. The highest BCUT2D eigenvalue weighted by Crippen LogP contribution is 2.38. The second-order valence-electron chi connectivity index (χ2n) is 7.47. The topological polar surface area (TPSA) is 82.4 Å². The lowest BCUT2D eigenvalue weighted by molar-refractivity contribution is -0.129. The minimum absolute atomic E-state index is 0.0686. The fourth-order valence-corrected chi connectivity index (χ4v) is 4.91. The van der Waals surface area contributed by atoms with E-state index in [4.69, 9.17) is 9.47 Å². The normalized spacial score (nSPS) is 18.6. The molecule has 1 aromatic carbocycles. The number of nitrogens with zero attached hydrogens (tertiary/aromatic N) is 5. The van der Waals surface area contributed by atoms with Gasteiger partial charge in [0, 0.05) is 20.0 Å². The summed E-state index contributed by atoms with van der Waals surface area (Å²) in [6, 6.07) is 6.12. The summed E-state index contributed by atoms with van der Waals surface area (Å²) in [6.45, 7) is 2.09. The standard InChI is InChI=1S/C21H23N5O3S/c1-25-20-15(11-24-25)21(23-13-22-20)30-12-19(27)26-7-2-4-16(26)14-5-6-17-18(10-14)29-9-3-8-28-17/h5-6,10-11,13,16H,2-4,7-9,12H2,1H3/t16-/m0/s1. The van der Waals surface area contributed by atoms with Crippen molar-refractivity contribution in [3.05, 3.63) is 36.3 Å². The molecular weight excluding hydrogens is 402 g/mol. The van der Waals surface area contributed by atoms with Crippen molar-refractivity contribution in [2.45, 2.75) is 30.3 Å². The minimum Gasteiger partial charge on any atom is -0.490 e. The Hall–Kier alpha value is -2.81. The van der Waals surface area contributed by atoms with E-state index in [0.717, 1.165) is 58.9 Å². The zero-order valence-electron chi connectivity index (χ0n) is 16.8. The van der Waals surface area contributed by atoms with Crippen LogP contribution in [0.1, 0.15) is 30.9 Å². The lowest BCUT2D eigenvalue weighted by Gasteiger charge is -2.25. The van der Waals surface area contributed by atoms with Crippen molar-refractivity contribution >= 4 is 28.7 Å². The van der Waals surface area contributed by atoms with Crippen LogP contribution in [-0.4, -0.2) is 56.1 Å². The summed E-state index contributed by atoms with van der Waals surface area (Å²) < 4.78 is 13.3. The predicted octanol–water partition coefficient (Wildman–Crippen LogP) is 2.98. The van der Waals surface area contributed by atoms with Crippen molar-refractivity contribution in [1.29, 1.82) is 0 Å². The number of carbonyl (C=O) groups excluding carboxylic acids is 1. The van der Waals surface area contributed by atoms with Crippen LogP contribution in [0.25, 0.3) is 11.0 Å². The van der Waals surface area contributed by atoms with E-state index >= 15 is 0 Å². The Labute approximate surface area is 178 Å². The molecule has 2 aromatic heterocycles. The summed E-state index contributed by atoms with van der Waals surface area (Å²) in [6.07, 6.45) is 6.10.